The monoisotopic (exact) mass is 1020 g/mol. The standard InChI is InChI=1S/C47H29N2S.C12H10N.Ir/c1-3-12-31(13-4-1)38-18-11-19-39(32-14-5-2-6-15-32)46(38)49-44-21-10-9-20-43(44)48-47(49)42-30-50-45-27-26-36(29-41(42)45)35-25-24-34-23-22-33-16-7-8-17-37(33)40(34)28-35;1-10-7-8-12(13-9-10)11-5-3-2-4-6-11;/h1-29H;2-5,7-9H,1H3;/q2*-1;/i;1D3;. The van der Waals surface area contributed by atoms with Crippen LogP contribution in [0.5, 0.6) is 0 Å². The number of thiophene rings is 1. The number of imidazole rings is 1. The van der Waals surface area contributed by atoms with Gasteiger partial charge in [-0.25, -0.2) is 0 Å². The summed E-state index contributed by atoms with van der Waals surface area (Å²) in [6.07, 6.45) is 1.39. The minimum Gasteiger partial charge on any atom is -0.332 e. The molecule has 12 rings (SSSR count). The van der Waals surface area contributed by atoms with Crippen LogP contribution < -0.4 is 0 Å². The van der Waals surface area contributed by atoms with Gasteiger partial charge in [-0.15, -0.1) is 41.3 Å². The Morgan fingerprint density at radius 1 is 0.547 bits per heavy atom. The van der Waals surface area contributed by atoms with E-state index in [4.69, 9.17) is 9.10 Å². The van der Waals surface area contributed by atoms with Gasteiger partial charge in [-0.2, -0.15) is 0 Å². The summed E-state index contributed by atoms with van der Waals surface area (Å²) in [5, 5.41) is 9.91. The first-order chi connectivity index (χ1) is 32.4. The molecule has 3 nitrogen and oxygen atoms in total. The maximum Gasteiger partial charge on any atom is 0.0774 e. The summed E-state index contributed by atoms with van der Waals surface area (Å²) in [7, 11) is 0. The van der Waals surface area contributed by atoms with E-state index in [0.29, 0.717) is 0 Å². The minimum atomic E-state index is -2.09. The van der Waals surface area contributed by atoms with Crippen molar-refractivity contribution in [1.29, 1.82) is 0 Å². The number of para-hydroxylation sites is 3. The van der Waals surface area contributed by atoms with Gasteiger partial charge in [-0.05, 0) is 80.1 Å². The van der Waals surface area contributed by atoms with Crippen molar-refractivity contribution in [2.45, 2.75) is 6.85 Å². The van der Waals surface area contributed by atoms with Crippen LogP contribution in [0.1, 0.15) is 9.68 Å². The summed E-state index contributed by atoms with van der Waals surface area (Å²) in [6, 6.07) is 76.9. The Labute approximate surface area is 394 Å². The van der Waals surface area contributed by atoms with Crippen molar-refractivity contribution < 1.29 is 24.2 Å². The third-order valence-corrected chi connectivity index (χ3v) is 12.4. The van der Waals surface area contributed by atoms with Crippen LogP contribution in [-0.2, 0) is 20.1 Å². The molecule has 5 heteroatoms. The second kappa shape index (κ2) is 17.8. The predicted octanol–water partition coefficient (Wildman–Crippen LogP) is 15.9. The van der Waals surface area contributed by atoms with Gasteiger partial charge in [-0.1, -0.05) is 186 Å². The van der Waals surface area contributed by atoms with Gasteiger partial charge < -0.3 is 9.55 Å². The van der Waals surface area contributed by atoms with Crippen LogP contribution in [0.25, 0.3) is 104 Å². The topological polar surface area (TPSA) is 30.7 Å². The van der Waals surface area contributed by atoms with E-state index in [2.05, 4.69) is 197 Å². The third kappa shape index (κ3) is 7.76. The van der Waals surface area contributed by atoms with E-state index in [1.165, 1.54) is 43.6 Å². The number of aromatic nitrogens is 3. The summed E-state index contributed by atoms with van der Waals surface area (Å²) < 4.78 is 25.3. The van der Waals surface area contributed by atoms with Gasteiger partial charge in [0.1, 0.15) is 0 Å². The van der Waals surface area contributed by atoms with Crippen LogP contribution in [0, 0.1) is 18.3 Å². The van der Waals surface area contributed by atoms with Crippen LogP contribution in [0.15, 0.2) is 219 Å². The van der Waals surface area contributed by atoms with Gasteiger partial charge >= 0.3 is 0 Å². The molecule has 0 amide bonds. The molecule has 0 spiro atoms. The number of benzene rings is 9. The van der Waals surface area contributed by atoms with Crippen LogP contribution in [0.4, 0.5) is 0 Å². The molecule has 0 aliphatic heterocycles. The number of pyridine rings is 1. The summed E-state index contributed by atoms with van der Waals surface area (Å²) in [4.78, 5) is 9.49. The van der Waals surface area contributed by atoms with E-state index < -0.39 is 6.85 Å². The van der Waals surface area contributed by atoms with E-state index >= 15 is 0 Å². The normalized spacial score (nSPS) is 12.0. The smallest absolute Gasteiger partial charge is 0.0774 e. The molecule has 3 heterocycles. The molecule has 0 aliphatic carbocycles. The van der Waals surface area contributed by atoms with E-state index in [1.807, 2.05) is 18.2 Å². The van der Waals surface area contributed by atoms with E-state index in [-0.39, 0.29) is 25.7 Å². The Morgan fingerprint density at radius 3 is 1.92 bits per heavy atom. The average Bonchev–Trinajstić information content (AvgIpc) is 3.98. The minimum absolute atomic E-state index is 0. The van der Waals surface area contributed by atoms with Crippen molar-refractivity contribution in [3.05, 3.63) is 236 Å². The molecule has 64 heavy (non-hydrogen) atoms. The first kappa shape index (κ1) is 37.3. The number of hydrogen-bond acceptors (Lipinski definition) is 3. The Hall–Kier alpha value is -7.27. The first-order valence-electron chi connectivity index (χ1n) is 22.4. The first-order valence-corrected chi connectivity index (χ1v) is 21.7. The molecule has 0 saturated carbocycles. The summed E-state index contributed by atoms with van der Waals surface area (Å²) in [5.74, 6) is 0.889. The molecule has 0 atom stereocenters. The van der Waals surface area contributed by atoms with Gasteiger partial charge in [0, 0.05) is 41.5 Å². The number of nitrogens with zero attached hydrogens (tertiary/aromatic N) is 3. The fraction of sp³-hybridized carbons (Fsp3) is 0.0169. The molecular formula is C59H39IrN3S-2. The molecule has 12 aromatic rings. The van der Waals surface area contributed by atoms with Crippen molar-refractivity contribution in [3.63, 3.8) is 0 Å². The molecule has 0 aliphatic rings. The van der Waals surface area contributed by atoms with Crippen molar-refractivity contribution in [3.8, 4) is 61.7 Å². The van der Waals surface area contributed by atoms with Gasteiger partial charge in [0.2, 0.25) is 0 Å². The van der Waals surface area contributed by atoms with E-state index in [1.54, 1.807) is 29.5 Å². The zero-order valence-corrected chi connectivity index (χ0v) is 37.6. The number of fused-ring (bicyclic) bond motifs is 5. The van der Waals surface area contributed by atoms with Crippen LogP contribution in [0.2, 0.25) is 0 Å². The van der Waals surface area contributed by atoms with Crippen molar-refractivity contribution >= 4 is 54.0 Å². The third-order valence-electron chi connectivity index (χ3n) is 11.6. The number of hydrogen-bond donors (Lipinski definition) is 0. The predicted molar refractivity (Wildman–Crippen MR) is 265 cm³/mol. The molecule has 0 saturated heterocycles. The molecule has 3 aromatic heterocycles. The largest absolute Gasteiger partial charge is 0.332 e. The van der Waals surface area contributed by atoms with Gasteiger partial charge in [0.15, 0.2) is 0 Å². The van der Waals surface area contributed by atoms with Crippen molar-refractivity contribution in [2.24, 2.45) is 0 Å². The maximum atomic E-state index is 7.23. The van der Waals surface area contributed by atoms with Gasteiger partial charge in [-0.3, -0.25) is 16.3 Å². The number of rotatable bonds is 6. The fourth-order valence-corrected chi connectivity index (χ4v) is 9.33. The average molecular weight is 1020 g/mol. The van der Waals surface area contributed by atoms with E-state index in [9.17, 15) is 0 Å². The maximum absolute atomic E-state index is 7.23. The Balaban J connectivity index is 0.000000263. The summed E-state index contributed by atoms with van der Waals surface area (Å²) in [5.41, 5.74) is 13.0. The molecule has 0 bridgehead atoms. The zero-order valence-electron chi connectivity index (χ0n) is 37.4. The molecule has 9 aromatic carbocycles. The van der Waals surface area contributed by atoms with Crippen molar-refractivity contribution in [2.75, 3.05) is 0 Å². The van der Waals surface area contributed by atoms with Gasteiger partial charge in [0.05, 0.1) is 22.5 Å². The number of aryl methyl sites for hydroxylation is 1. The quantitative estimate of drug-likeness (QED) is 0.123. The zero-order chi connectivity index (χ0) is 44.6. The molecular weight excluding hydrogens is 975 g/mol. The Morgan fingerprint density at radius 2 is 1.20 bits per heavy atom. The van der Waals surface area contributed by atoms with Crippen LogP contribution in [0.3, 0.4) is 0 Å². The van der Waals surface area contributed by atoms with Crippen LogP contribution >= 0.6 is 11.3 Å². The van der Waals surface area contributed by atoms with Crippen molar-refractivity contribution in [1.82, 2.24) is 14.5 Å². The SMILES string of the molecule is [2H]C([2H])([2H])c1ccc(-c2[c-]cccc2)nc1.[Ir].[c-]1sc2ccc(-c3ccc4ccc5ccccc5c4c3)cc2c1-c1nc2ccccc2n1-c1c(-c2ccccc2)cccc1-c1ccccc1. The van der Waals surface area contributed by atoms with Crippen LogP contribution in [-0.4, -0.2) is 14.5 Å². The molecule has 0 unspecified atom stereocenters. The Kier molecular flexibility index (Phi) is 10.4. The molecule has 0 N–H and O–H groups in total. The summed E-state index contributed by atoms with van der Waals surface area (Å²) in [6.45, 7) is -2.09. The molecule has 1 radical (unpaired) electrons. The molecule has 0 fully saturated rings. The summed E-state index contributed by atoms with van der Waals surface area (Å²) >= 11 is 1.65. The molecule has 307 valence electrons. The Bertz CT molecular complexity index is 3620. The van der Waals surface area contributed by atoms with E-state index in [0.717, 1.165) is 67.0 Å². The van der Waals surface area contributed by atoms with Gasteiger partial charge in [0.25, 0.3) is 0 Å². The second-order valence-electron chi connectivity index (χ2n) is 15.4. The second-order valence-corrected chi connectivity index (χ2v) is 16.3. The fourth-order valence-electron chi connectivity index (χ4n) is 8.51.